The van der Waals surface area contributed by atoms with Gasteiger partial charge in [-0.1, -0.05) is 60.1 Å². The van der Waals surface area contributed by atoms with Crippen LogP contribution in [0.2, 0.25) is 5.02 Å². The van der Waals surface area contributed by atoms with Gasteiger partial charge in [0.15, 0.2) is 0 Å². The van der Waals surface area contributed by atoms with Gasteiger partial charge in [0.2, 0.25) is 5.91 Å². The van der Waals surface area contributed by atoms with Crippen molar-refractivity contribution >= 4 is 23.4 Å². The van der Waals surface area contributed by atoms with Crippen molar-refractivity contribution in [3.8, 4) is 16.9 Å². The molecule has 2 aromatic carbocycles. The molecule has 0 saturated carbocycles. The van der Waals surface area contributed by atoms with Gasteiger partial charge in [-0.25, -0.2) is 4.68 Å². The smallest absolute Gasteiger partial charge is 0.270 e. The van der Waals surface area contributed by atoms with Crippen LogP contribution in [0.3, 0.4) is 0 Å². The van der Waals surface area contributed by atoms with Crippen LogP contribution in [0, 0.1) is 0 Å². The second-order valence-electron chi connectivity index (χ2n) is 6.97. The molecule has 0 radical (unpaired) electrons. The Hall–Kier alpha value is -3.97. The Labute approximate surface area is 190 Å². The molecule has 2 heterocycles. The molecule has 4 aromatic rings. The fourth-order valence-corrected chi connectivity index (χ4v) is 3.29. The molecular formula is C24H20ClN5O2. The molecule has 0 aliphatic heterocycles. The molecule has 2 aromatic heterocycles. The number of carbonyl (C=O) groups is 2. The van der Waals surface area contributed by atoms with E-state index in [1.807, 2.05) is 66.9 Å². The molecule has 160 valence electrons. The number of aromatic nitrogens is 3. The number of hydrogen-bond donors (Lipinski definition) is 2. The Bertz CT molecular complexity index is 1230. The number of amides is 2. The topological polar surface area (TPSA) is 88.9 Å². The van der Waals surface area contributed by atoms with Crippen molar-refractivity contribution in [3.63, 3.8) is 0 Å². The van der Waals surface area contributed by atoms with E-state index in [-0.39, 0.29) is 24.7 Å². The number of halogens is 1. The quantitative estimate of drug-likeness (QED) is 0.454. The van der Waals surface area contributed by atoms with Crippen molar-refractivity contribution < 1.29 is 9.59 Å². The summed E-state index contributed by atoms with van der Waals surface area (Å²) in [4.78, 5) is 28.4. The highest BCUT2D eigenvalue weighted by Gasteiger charge is 2.14. The second-order valence-corrected chi connectivity index (χ2v) is 7.40. The van der Waals surface area contributed by atoms with Crippen molar-refractivity contribution in [2.45, 2.75) is 6.54 Å². The zero-order chi connectivity index (χ0) is 22.3. The summed E-state index contributed by atoms with van der Waals surface area (Å²) in [7, 11) is 0. The van der Waals surface area contributed by atoms with Gasteiger partial charge >= 0.3 is 0 Å². The lowest BCUT2D eigenvalue weighted by molar-refractivity contribution is -0.120. The molecule has 0 bridgehead atoms. The lowest BCUT2D eigenvalue weighted by Crippen LogP contribution is -2.36. The Kier molecular flexibility index (Phi) is 6.57. The molecule has 8 heteroatoms. The highest BCUT2D eigenvalue weighted by Crippen LogP contribution is 2.23. The average Bonchev–Trinajstić information content (AvgIpc) is 3.26. The first-order valence-electron chi connectivity index (χ1n) is 9.96. The van der Waals surface area contributed by atoms with E-state index >= 15 is 0 Å². The Morgan fingerprint density at radius 3 is 2.38 bits per heavy atom. The maximum Gasteiger partial charge on any atom is 0.270 e. The van der Waals surface area contributed by atoms with E-state index < -0.39 is 5.91 Å². The monoisotopic (exact) mass is 445 g/mol. The van der Waals surface area contributed by atoms with E-state index in [1.165, 1.54) is 12.3 Å². The van der Waals surface area contributed by atoms with E-state index in [0.29, 0.717) is 5.02 Å². The lowest BCUT2D eigenvalue weighted by Gasteiger charge is -2.07. The van der Waals surface area contributed by atoms with Crippen LogP contribution >= 0.6 is 11.6 Å². The van der Waals surface area contributed by atoms with Gasteiger partial charge in [-0.3, -0.25) is 14.6 Å². The molecule has 2 N–H and O–H groups in total. The predicted molar refractivity (Wildman–Crippen MR) is 122 cm³/mol. The Balaban J connectivity index is 1.44. The SMILES string of the molecule is O=C(CNC(=O)c1cc(Cl)ccn1)NCc1cn(-c2ccccc2)nc1-c1ccccc1. The summed E-state index contributed by atoms with van der Waals surface area (Å²) < 4.78 is 1.79. The third kappa shape index (κ3) is 5.19. The van der Waals surface area contributed by atoms with Crippen LogP contribution in [0.5, 0.6) is 0 Å². The molecule has 4 rings (SSSR count). The summed E-state index contributed by atoms with van der Waals surface area (Å²) in [6.45, 7) is 0.0850. The minimum absolute atomic E-state index is 0.154. The third-order valence-electron chi connectivity index (χ3n) is 4.70. The van der Waals surface area contributed by atoms with Gasteiger partial charge in [0.05, 0.1) is 17.9 Å². The number of hydrogen-bond acceptors (Lipinski definition) is 4. The Morgan fingerprint density at radius 2 is 1.66 bits per heavy atom. The maximum atomic E-state index is 12.3. The van der Waals surface area contributed by atoms with Crippen molar-refractivity contribution in [3.05, 3.63) is 101 Å². The highest BCUT2D eigenvalue weighted by atomic mass is 35.5. The van der Waals surface area contributed by atoms with Gasteiger partial charge in [-0.2, -0.15) is 5.10 Å². The molecule has 0 saturated heterocycles. The normalized spacial score (nSPS) is 10.5. The zero-order valence-corrected chi connectivity index (χ0v) is 17.8. The van der Waals surface area contributed by atoms with E-state index in [4.69, 9.17) is 16.7 Å². The standard InChI is InChI=1S/C24H20ClN5O2/c25-19-11-12-26-21(13-19)24(32)28-15-22(31)27-14-18-16-30(20-9-5-2-6-10-20)29-23(18)17-7-3-1-4-8-17/h1-13,16H,14-15H2,(H,27,31)(H,28,32). The van der Waals surface area contributed by atoms with E-state index in [1.54, 1.807) is 10.7 Å². The molecule has 0 aliphatic rings. The minimum Gasteiger partial charge on any atom is -0.350 e. The first-order valence-corrected chi connectivity index (χ1v) is 10.3. The summed E-state index contributed by atoms with van der Waals surface area (Å²) in [6, 6.07) is 22.5. The summed E-state index contributed by atoms with van der Waals surface area (Å²) in [6.07, 6.45) is 3.33. The van der Waals surface area contributed by atoms with Crippen LogP contribution < -0.4 is 10.6 Å². The van der Waals surface area contributed by atoms with Gasteiger partial charge in [-0.15, -0.1) is 0 Å². The van der Waals surface area contributed by atoms with Gasteiger partial charge in [0.25, 0.3) is 5.91 Å². The molecule has 0 spiro atoms. The first kappa shape index (κ1) is 21.3. The maximum absolute atomic E-state index is 12.3. The minimum atomic E-state index is -0.468. The number of rotatable bonds is 7. The summed E-state index contributed by atoms with van der Waals surface area (Å²) in [5, 5.41) is 10.5. The van der Waals surface area contributed by atoms with Gasteiger partial charge in [0.1, 0.15) is 5.69 Å². The van der Waals surface area contributed by atoms with Crippen molar-refractivity contribution in [2.24, 2.45) is 0 Å². The van der Waals surface area contributed by atoms with Crippen LogP contribution in [-0.4, -0.2) is 33.1 Å². The molecule has 7 nitrogen and oxygen atoms in total. The average molecular weight is 446 g/mol. The molecule has 0 aliphatic carbocycles. The van der Waals surface area contributed by atoms with Crippen LogP contribution in [0.25, 0.3) is 16.9 Å². The number of para-hydroxylation sites is 1. The predicted octanol–water partition coefficient (Wildman–Crippen LogP) is 3.63. The molecule has 0 unspecified atom stereocenters. The summed E-state index contributed by atoms with van der Waals surface area (Å²) in [5.74, 6) is -0.795. The van der Waals surface area contributed by atoms with E-state index in [0.717, 1.165) is 22.5 Å². The summed E-state index contributed by atoms with van der Waals surface area (Å²) in [5.41, 5.74) is 3.66. The Morgan fingerprint density at radius 1 is 0.938 bits per heavy atom. The number of carbonyl (C=O) groups excluding carboxylic acids is 2. The van der Waals surface area contributed by atoms with Crippen molar-refractivity contribution in [1.82, 2.24) is 25.4 Å². The van der Waals surface area contributed by atoms with Gasteiger partial charge in [0, 0.05) is 35.1 Å². The molecular weight excluding hydrogens is 426 g/mol. The van der Waals surface area contributed by atoms with E-state index in [2.05, 4.69) is 15.6 Å². The number of nitrogens with zero attached hydrogens (tertiary/aromatic N) is 3. The molecule has 2 amide bonds. The van der Waals surface area contributed by atoms with Crippen molar-refractivity contribution in [1.29, 1.82) is 0 Å². The van der Waals surface area contributed by atoms with Crippen LogP contribution in [-0.2, 0) is 11.3 Å². The molecule has 0 fully saturated rings. The van der Waals surface area contributed by atoms with Crippen LogP contribution in [0.4, 0.5) is 0 Å². The second kappa shape index (κ2) is 9.89. The van der Waals surface area contributed by atoms with E-state index in [9.17, 15) is 9.59 Å². The third-order valence-corrected chi connectivity index (χ3v) is 4.93. The van der Waals surface area contributed by atoms with Crippen LogP contribution in [0.1, 0.15) is 16.1 Å². The number of pyridine rings is 1. The zero-order valence-electron chi connectivity index (χ0n) is 17.0. The molecule has 32 heavy (non-hydrogen) atoms. The van der Waals surface area contributed by atoms with Crippen LogP contribution in [0.15, 0.2) is 85.2 Å². The number of nitrogens with one attached hydrogen (secondary N) is 2. The summed E-state index contributed by atoms with van der Waals surface area (Å²) >= 11 is 5.87. The fourth-order valence-electron chi connectivity index (χ4n) is 3.13. The number of benzene rings is 2. The van der Waals surface area contributed by atoms with Gasteiger partial charge in [-0.05, 0) is 24.3 Å². The largest absolute Gasteiger partial charge is 0.350 e. The fraction of sp³-hybridized carbons (Fsp3) is 0.0833. The highest BCUT2D eigenvalue weighted by molar-refractivity contribution is 6.30. The van der Waals surface area contributed by atoms with Crippen molar-refractivity contribution in [2.75, 3.05) is 6.54 Å². The first-order chi connectivity index (χ1) is 15.6. The lowest BCUT2D eigenvalue weighted by atomic mass is 10.1. The van der Waals surface area contributed by atoms with Gasteiger partial charge < -0.3 is 10.6 Å². The molecule has 0 atom stereocenters.